The Morgan fingerprint density at radius 2 is 1.80 bits per heavy atom. The molecule has 1 atom stereocenters. The van der Waals surface area contributed by atoms with Gasteiger partial charge in [0.2, 0.25) is 5.82 Å². The molecular weight excluding hydrogens is 502 g/mol. The van der Waals surface area contributed by atoms with Crippen molar-refractivity contribution in [1.29, 1.82) is 0 Å². The van der Waals surface area contributed by atoms with Crippen LogP contribution < -0.4 is 4.90 Å². The maximum absolute atomic E-state index is 15.6. The van der Waals surface area contributed by atoms with E-state index < -0.39 is 28.0 Å². The monoisotopic (exact) mass is 520 g/mol. The smallest absolute Gasteiger partial charge is 0.331 e. The van der Waals surface area contributed by atoms with Crippen LogP contribution in [0.5, 0.6) is 0 Å². The molecule has 0 amide bonds. The van der Waals surface area contributed by atoms with Crippen molar-refractivity contribution >= 4 is 38.7 Å². The van der Waals surface area contributed by atoms with Crippen LogP contribution in [0.1, 0.15) is 17.8 Å². The van der Waals surface area contributed by atoms with Crippen LogP contribution in [0.3, 0.4) is 0 Å². The van der Waals surface area contributed by atoms with E-state index in [4.69, 9.17) is 15.8 Å². The Morgan fingerprint density at radius 1 is 1.09 bits per heavy atom. The summed E-state index contributed by atoms with van der Waals surface area (Å²) in [6.45, 7) is 0.441. The highest BCUT2D eigenvalue weighted by Crippen LogP contribution is 2.37. The Labute approximate surface area is 204 Å². The Bertz CT molecular complexity index is 1500. The molecule has 2 aromatic carbocycles. The topological polar surface area (TPSA) is 103 Å². The number of hydrogen-bond donors (Lipinski definition) is 0. The molecule has 1 unspecified atom stereocenters. The maximum atomic E-state index is 15.6. The number of rotatable bonds is 6. The van der Waals surface area contributed by atoms with Crippen LogP contribution in [0.4, 0.5) is 14.6 Å². The van der Waals surface area contributed by atoms with E-state index in [1.54, 1.807) is 35.2 Å². The SMILES string of the molecule is CS(=O)(=O)OC1CCN(c2nc(C(F)(F)c3ccccc3)nc3c2nnn3-c2ccccc2Cl)C1. The molecule has 13 heteroatoms. The first-order valence-electron chi connectivity index (χ1n) is 10.6. The van der Waals surface area contributed by atoms with Crippen LogP contribution in [0.25, 0.3) is 16.9 Å². The number of para-hydroxylation sites is 1. The zero-order valence-corrected chi connectivity index (χ0v) is 19.9. The number of aromatic nitrogens is 5. The van der Waals surface area contributed by atoms with E-state index in [-0.39, 0.29) is 29.1 Å². The Morgan fingerprint density at radius 3 is 2.51 bits per heavy atom. The van der Waals surface area contributed by atoms with Gasteiger partial charge in [-0.2, -0.15) is 21.9 Å². The number of alkyl halides is 2. The Balaban J connectivity index is 1.67. The van der Waals surface area contributed by atoms with Gasteiger partial charge in [0.05, 0.1) is 23.1 Å². The minimum Gasteiger partial charge on any atom is -0.352 e. The van der Waals surface area contributed by atoms with E-state index in [0.717, 1.165) is 6.26 Å². The molecule has 3 heterocycles. The predicted octanol–water partition coefficient (Wildman–Crippen LogP) is 3.56. The summed E-state index contributed by atoms with van der Waals surface area (Å²) in [6, 6.07) is 14.0. The molecule has 2 aromatic heterocycles. The number of hydrogen-bond acceptors (Lipinski definition) is 8. The lowest BCUT2D eigenvalue weighted by molar-refractivity contribution is 0.0332. The van der Waals surface area contributed by atoms with Gasteiger partial charge >= 0.3 is 5.92 Å². The lowest BCUT2D eigenvalue weighted by Gasteiger charge is -2.21. The summed E-state index contributed by atoms with van der Waals surface area (Å²) >= 11 is 6.33. The number of halogens is 3. The van der Waals surface area contributed by atoms with Crippen LogP contribution in [0.2, 0.25) is 5.02 Å². The van der Waals surface area contributed by atoms with Gasteiger partial charge in [-0.1, -0.05) is 59.3 Å². The van der Waals surface area contributed by atoms with Gasteiger partial charge in [0.15, 0.2) is 17.0 Å². The van der Waals surface area contributed by atoms with Gasteiger partial charge in [0, 0.05) is 18.7 Å². The number of fused-ring (bicyclic) bond motifs is 1. The minimum absolute atomic E-state index is 0.0428. The molecule has 1 saturated heterocycles. The Kier molecular flexibility index (Phi) is 5.90. The summed E-state index contributed by atoms with van der Waals surface area (Å²) in [4.78, 5) is 10.0. The van der Waals surface area contributed by atoms with Gasteiger partial charge in [0.25, 0.3) is 10.1 Å². The van der Waals surface area contributed by atoms with E-state index >= 15 is 8.78 Å². The van der Waals surface area contributed by atoms with Crippen molar-refractivity contribution in [3.05, 3.63) is 71.0 Å². The van der Waals surface area contributed by atoms with Crippen molar-refractivity contribution in [2.24, 2.45) is 0 Å². The lowest BCUT2D eigenvalue weighted by atomic mass is 10.1. The minimum atomic E-state index is -3.69. The molecule has 1 fully saturated rings. The average molecular weight is 521 g/mol. The summed E-state index contributed by atoms with van der Waals surface area (Å²) in [5.74, 6) is -4.16. The maximum Gasteiger partial charge on any atom is 0.331 e. The summed E-state index contributed by atoms with van der Waals surface area (Å²) in [6.07, 6.45) is 0.681. The number of anilines is 1. The first kappa shape index (κ1) is 23.5. The van der Waals surface area contributed by atoms with Crippen LogP contribution in [-0.4, -0.2) is 58.8 Å². The fourth-order valence-electron chi connectivity index (χ4n) is 3.97. The largest absolute Gasteiger partial charge is 0.352 e. The molecule has 5 rings (SSSR count). The molecule has 182 valence electrons. The van der Waals surface area contributed by atoms with Crippen molar-refractivity contribution in [3.8, 4) is 5.69 Å². The van der Waals surface area contributed by atoms with Gasteiger partial charge in [-0.15, -0.1) is 5.10 Å². The molecule has 0 radical (unpaired) electrons. The second-order valence-electron chi connectivity index (χ2n) is 8.09. The zero-order valence-electron chi connectivity index (χ0n) is 18.3. The summed E-state index contributed by atoms with van der Waals surface area (Å²) in [7, 11) is -3.69. The van der Waals surface area contributed by atoms with Crippen molar-refractivity contribution in [2.75, 3.05) is 24.2 Å². The predicted molar refractivity (Wildman–Crippen MR) is 125 cm³/mol. The highest BCUT2D eigenvalue weighted by molar-refractivity contribution is 7.86. The zero-order chi connectivity index (χ0) is 24.8. The van der Waals surface area contributed by atoms with Gasteiger partial charge in [0.1, 0.15) is 0 Å². The van der Waals surface area contributed by atoms with Crippen molar-refractivity contribution in [1.82, 2.24) is 25.0 Å². The number of nitrogens with zero attached hydrogens (tertiary/aromatic N) is 6. The first-order valence-corrected chi connectivity index (χ1v) is 12.8. The summed E-state index contributed by atoms with van der Waals surface area (Å²) in [5, 5.41) is 8.61. The van der Waals surface area contributed by atoms with Gasteiger partial charge in [-0.25, -0.2) is 9.97 Å². The van der Waals surface area contributed by atoms with Gasteiger partial charge in [-0.3, -0.25) is 4.18 Å². The first-order chi connectivity index (χ1) is 16.6. The third-order valence-corrected chi connectivity index (χ3v) is 6.48. The molecule has 0 bridgehead atoms. The highest BCUT2D eigenvalue weighted by atomic mass is 35.5. The average Bonchev–Trinajstić information content (AvgIpc) is 3.45. The molecule has 1 aliphatic rings. The summed E-state index contributed by atoms with van der Waals surface area (Å²) in [5.41, 5.74) is 0.357. The standard InChI is InChI=1S/C22H19ClF2N6O3S/c1-35(32,33)34-15-11-12-30(13-15)19-18-20(31(29-28-18)17-10-6-5-9-16(17)23)27-21(26-19)22(24,25)14-7-3-2-4-8-14/h2-10,15H,11-13H2,1H3. The molecule has 9 nitrogen and oxygen atoms in total. The van der Waals surface area contributed by atoms with Crippen LogP contribution in [0, 0.1) is 0 Å². The van der Waals surface area contributed by atoms with E-state index in [1.165, 1.54) is 28.9 Å². The van der Waals surface area contributed by atoms with E-state index in [0.29, 0.717) is 23.7 Å². The van der Waals surface area contributed by atoms with Crippen LogP contribution in [-0.2, 0) is 20.2 Å². The third-order valence-electron chi connectivity index (χ3n) is 5.54. The summed E-state index contributed by atoms with van der Waals surface area (Å²) < 4.78 is 60.7. The highest BCUT2D eigenvalue weighted by Gasteiger charge is 2.40. The van der Waals surface area contributed by atoms with Gasteiger partial charge in [-0.05, 0) is 18.6 Å². The van der Waals surface area contributed by atoms with Crippen molar-refractivity contribution in [3.63, 3.8) is 0 Å². The van der Waals surface area contributed by atoms with E-state index in [1.807, 2.05) is 0 Å². The molecule has 35 heavy (non-hydrogen) atoms. The Hall–Kier alpha value is -3.22. The quantitative estimate of drug-likeness (QED) is 0.356. The van der Waals surface area contributed by atoms with E-state index in [2.05, 4.69) is 20.3 Å². The molecular formula is C22H19ClF2N6O3S. The molecule has 0 saturated carbocycles. The fourth-order valence-corrected chi connectivity index (χ4v) is 4.84. The number of benzene rings is 2. The second-order valence-corrected chi connectivity index (χ2v) is 10.1. The molecule has 0 N–H and O–H groups in total. The van der Waals surface area contributed by atoms with Crippen LogP contribution >= 0.6 is 11.6 Å². The fraction of sp³-hybridized carbons (Fsp3) is 0.273. The molecule has 0 spiro atoms. The van der Waals surface area contributed by atoms with Gasteiger partial charge < -0.3 is 4.90 Å². The molecule has 4 aromatic rings. The molecule has 1 aliphatic heterocycles. The lowest BCUT2D eigenvalue weighted by Crippen LogP contribution is -2.27. The molecule has 0 aliphatic carbocycles. The van der Waals surface area contributed by atoms with Crippen molar-refractivity contribution in [2.45, 2.75) is 18.4 Å². The third kappa shape index (κ3) is 4.56. The normalized spacial score (nSPS) is 16.8. The van der Waals surface area contributed by atoms with Crippen molar-refractivity contribution < 1.29 is 21.4 Å². The second kappa shape index (κ2) is 8.77. The van der Waals surface area contributed by atoms with Crippen LogP contribution in [0.15, 0.2) is 54.6 Å². The van der Waals surface area contributed by atoms with E-state index in [9.17, 15) is 8.42 Å².